The molecule has 1 aliphatic carbocycles. The Bertz CT molecular complexity index is 415. The van der Waals surface area contributed by atoms with Gasteiger partial charge < -0.3 is 10.6 Å². The van der Waals surface area contributed by atoms with E-state index in [1.54, 1.807) is 11.3 Å². The summed E-state index contributed by atoms with van der Waals surface area (Å²) in [7, 11) is 0. The van der Waals surface area contributed by atoms with E-state index in [9.17, 15) is 0 Å². The molecule has 2 fully saturated rings. The first-order chi connectivity index (χ1) is 8.63. The number of nitrogens with zero attached hydrogens (tertiary/aromatic N) is 2. The van der Waals surface area contributed by atoms with Gasteiger partial charge in [0, 0.05) is 24.0 Å². The van der Waals surface area contributed by atoms with E-state index >= 15 is 0 Å². The van der Waals surface area contributed by atoms with Crippen molar-refractivity contribution in [2.75, 3.05) is 18.0 Å². The van der Waals surface area contributed by atoms with Crippen LogP contribution in [0.2, 0.25) is 0 Å². The standard InChI is InChI=1S/C14H23N3S/c1-9(15)13-10(2)16-14(18-13)17-7-11-4-3-5-12(6-11)8-17/h9,11-12H,3-8,15H2,1-2H3. The third kappa shape index (κ3) is 2.28. The van der Waals surface area contributed by atoms with E-state index < -0.39 is 0 Å². The SMILES string of the molecule is Cc1nc(N2CC3CCCC(C3)C2)sc1C(C)N. The van der Waals surface area contributed by atoms with Crippen LogP contribution >= 0.6 is 11.3 Å². The van der Waals surface area contributed by atoms with Gasteiger partial charge in [0.1, 0.15) is 0 Å². The predicted octanol–water partition coefficient (Wildman–Crippen LogP) is 3.10. The van der Waals surface area contributed by atoms with Crippen LogP contribution in [0.1, 0.15) is 49.2 Å². The molecule has 3 nitrogen and oxygen atoms in total. The zero-order chi connectivity index (χ0) is 12.7. The highest BCUT2D eigenvalue weighted by Crippen LogP contribution is 2.38. The minimum atomic E-state index is 0.112. The van der Waals surface area contributed by atoms with Gasteiger partial charge in [-0.25, -0.2) is 4.98 Å². The van der Waals surface area contributed by atoms with Crippen molar-refractivity contribution in [2.24, 2.45) is 17.6 Å². The fraction of sp³-hybridized carbons (Fsp3) is 0.786. The van der Waals surface area contributed by atoms with Gasteiger partial charge >= 0.3 is 0 Å². The van der Waals surface area contributed by atoms with Gasteiger partial charge in [0.2, 0.25) is 0 Å². The maximum atomic E-state index is 6.00. The first kappa shape index (κ1) is 12.4. The van der Waals surface area contributed by atoms with E-state index in [0.717, 1.165) is 17.5 Å². The average molecular weight is 265 g/mol. The van der Waals surface area contributed by atoms with Gasteiger partial charge in [-0.15, -0.1) is 11.3 Å². The molecule has 0 amide bonds. The molecular formula is C14H23N3S. The molecule has 4 heteroatoms. The number of rotatable bonds is 2. The minimum Gasteiger partial charge on any atom is -0.348 e. The first-order valence-corrected chi connectivity index (χ1v) is 7.93. The number of aryl methyl sites for hydroxylation is 1. The van der Waals surface area contributed by atoms with Crippen LogP contribution in [0.3, 0.4) is 0 Å². The van der Waals surface area contributed by atoms with Crippen molar-refractivity contribution >= 4 is 16.5 Å². The molecule has 3 atom stereocenters. The highest BCUT2D eigenvalue weighted by Gasteiger charge is 2.31. The lowest BCUT2D eigenvalue weighted by molar-refractivity contribution is 0.231. The van der Waals surface area contributed by atoms with E-state index in [0.29, 0.717) is 0 Å². The summed E-state index contributed by atoms with van der Waals surface area (Å²) < 4.78 is 0. The lowest BCUT2D eigenvalue weighted by Crippen LogP contribution is -2.42. The largest absolute Gasteiger partial charge is 0.348 e. The molecule has 0 spiro atoms. The zero-order valence-corrected chi connectivity index (χ0v) is 12.2. The van der Waals surface area contributed by atoms with E-state index in [1.165, 1.54) is 48.8 Å². The molecule has 3 rings (SSSR count). The number of aromatic nitrogens is 1. The topological polar surface area (TPSA) is 42.2 Å². The Morgan fingerprint density at radius 3 is 2.56 bits per heavy atom. The molecule has 2 N–H and O–H groups in total. The van der Waals surface area contributed by atoms with Crippen molar-refractivity contribution in [3.63, 3.8) is 0 Å². The van der Waals surface area contributed by atoms with Crippen molar-refractivity contribution in [1.29, 1.82) is 0 Å². The molecule has 1 aliphatic heterocycles. The van der Waals surface area contributed by atoms with Gasteiger partial charge in [-0.05, 0) is 44.9 Å². The average Bonchev–Trinajstić information content (AvgIpc) is 2.71. The molecule has 2 bridgehead atoms. The second-order valence-corrected chi connectivity index (χ2v) is 7.05. The van der Waals surface area contributed by atoms with E-state index in [2.05, 4.69) is 18.7 Å². The third-order valence-electron chi connectivity index (χ3n) is 4.35. The lowest BCUT2D eigenvalue weighted by Gasteiger charge is -2.41. The fourth-order valence-electron chi connectivity index (χ4n) is 3.54. The zero-order valence-electron chi connectivity index (χ0n) is 11.4. The Balaban J connectivity index is 1.80. The molecule has 3 unspecified atom stereocenters. The van der Waals surface area contributed by atoms with Crippen molar-refractivity contribution in [1.82, 2.24) is 4.98 Å². The Morgan fingerprint density at radius 2 is 2.00 bits per heavy atom. The summed E-state index contributed by atoms with van der Waals surface area (Å²) >= 11 is 1.80. The van der Waals surface area contributed by atoms with Crippen LogP contribution in [-0.4, -0.2) is 18.1 Å². The third-order valence-corrected chi connectivity index (χ3v) is 5.77. The van der Waals surface area contributed by atoms with E-state index in [1.807, 2.05) is 0 Å². The molecule has 100 valence electrons. The fourth-order valence-corrected chi connectivity index (χ4v) is 4.58. The molecule has 1 aromatic rings. The summed E-state index contributed by atoms with van der Waals surface area (Å²) in [6.07, 6.45) is 5.71. The minimum absolute atomic E-state index is 0.112. The van der Waals surface area contributed by atoms with E-state index in [-0.39, 0.29) is 6.04 Å². The Kier molecular flexibility index (Phi) is 3.32. The van der Waals surface area contributed by atoms with Crippen molar-refractivity contribution < 1.29 is 0 Å². The summed E-state index contributed by atoms with van der Waals surface area (Å²) in [6.45, 7) is 6.56. The quantitative estimate of drug-likeness (QED) is 0.893. The maximum Gasteiger partial charge on any atom is 0.185 e. The number of fused-ring (bicyclic) bond motifs is 2. The van der Waals surface area contributed by atoms with Crippen molar-refractivity contribution in [2.45, 2.75) is 45.6 Å². The van der Waals surface area contributed by atoms with Crippen LogP contribution in [0.15, 0.2) is 0 Å². The van der Waals surface area contributed by atoms with Crippen LogP contribution < -0.4 is 10.6 Å². The lowest BCUT2D eigenvalue weighted by atomic mass is 9.78. The number of hydrogen-bond donors (Lipinski definition) is 1. The summed E-state index contributed by atoms with van der Waals surface area (Å²) in [5.41, 5.74) is 7.13. The van der Waals surface area contributed by atoms with Gasteiger partial charge in [-0.3, -0.25) is 0 Å². The molecule has 1 aromatic heterocycles. The molecule has 2 aliphatic rings. The smallest absolute Gasteiger partial charge is 0.185 e. The Morgan fingerprint density at radius 1 is 1.33 bits per heavy atom. The van der Waals surface area contributed by atoms with Crippen LogP contribution in [0.4, 0.5) is 5.13 Å². The van der Waals surface area contributed by atoms with Gasteiger partial charge in [0.15, 0.2) is 5.13 Å². The van der Waals surface area contributed by atoms with Gasteiger partial charge in [-0.2, -0.15) is 0 Å². The monoisotopic (exact) mass is 265 g/mol. The van der Waals surface area contributed by atoms with Crippen LogP contribution in [0, 0.1) is 18.8 Å². The molecule has 1 saturated heterocycles. The second-order valence-electron chi connectivity index (χ2n) is 6.04. The summed E-state index contributed by atoms with van der Waals surface area (Å²) in [6, 6.07) is 0.112. The number of hydrogen-bond acceptors (Lipinski definition) is 4. The van der Waals surface area contributed by atoms with E-state index in [4.69, 9.17) is 10.7 Å². The van der Waals surface area contributed by atoms with Crippen LogP contribution in [-0.2, 0) is 0 Å². The molecule has 1 saturated carbocycles. The van der Waals surface area contributed by atoms with Crippen LogP contribution in [0.5, 0.6) is 0 Å². The molecule has 0 aromatic carbocycles. The van der Waals surface area contributed by atoms with Gasteiger partial charge in [0.25, 0.3) is 0 Å². The highest BCUT2D eigenvalue weighted by molar-refractivity contribution is 7.15. The number of nitrogens with two attached hydrogens (primary N) is 1. The number of thiazole rings is 1. The normalized spacial score (nSPS) is 29.4. The van der Waals surface area contributed by atoms with Crippen molar-refractivity contribution in [3.05, 3.63) is 10.6 Å². The summed E-state index contributed by atoms with van der Waals surface area (Å²) in [4.78, 5) is 8.51. The highest BCUT2D eigenvalue weighted by atomic mass is 32.1. The molecule has 2 heterocycles. The van der Waals surface area contributed by atoms with Crippen molar-refractivity contribution in [3.8, 4) is 0 Å². The Labute approximate surface area is 113 Å². The van der Waals surface area contributed by atoms with Gasteiger partial charge in [0.05, 0.1) is 5.69 Å². The predicted molar refractivity (Wildman–Crippen MR) is 77.1 cm³/mol. The molecular weight excluding hydrogens is 242 g/mol. The summed E-state index contributed by atoms with van der Waals surface area (Å²) in [5.74, 6) is 1.81. The summed E-state index contributed by atoms with van der Waals surface area (Å²) in [5, 5.41) is 1.21. The first-order valence-electron chi connectivity index (χ1n) is 7.11. The maximum absolute atomic E-state index is 6.00. The molecule has 18 heavy (non-hydrogen) atoms. The number of piperidine rings is 1. The second kappa shape index (κ2) is 4.82. The van der Waals surface area contributed by atoms with Gasteiger partial charge in [-0.1, -0.05) is 6.42 Å². The van der Waals surface area contributed by atoms with Crippen LogP contribution in [0.25, 0.3) is 0 Å². The molecule has 0 radical (unpaired) electrons. The number of anilines is 1. The Hall–Kier alpha value is -0.610.